The second-order valence-electron chi connectivity index (χ2n) is 4.51. The van der Waals surface area contributed by atoms with Crippen LogP contribution in [-0.4, -0.2) is 50.3 Å². The molecular formula is C11H24N2O. The van der Waals surface area contributed by atoms with E-state index >= 15 is 0 Å². The SMILES string of the molecule is CC(C)NCCN(C)CC1CCCO1. The van der Waals surface area contributed by atoms with Gasteiger partial charge in [0.1, 0.15) is 0 Å². The van der Waals surface area contributed by atoms with E-state index < -0.39 is 0 Å². The highest BCUT2D eigenvalue weighted by molar-refractivity contribution is 4.69. The predicted octanol–water partition coefficient (Wildman–Crippen LogP) is 1.10. The summed E-state index contributed by atoms with van der Waals surface area (Å²) in [6, 6.07) is 0.589. The zero-order valence-electron chi connectivity index (χ0n) is 9.75. The summed E-state index contributed by atoms with van der Waals surface area (Å²) in [4.78, 5) is 2.35. The fourth-order valence-electron chi connectivity index (χ4n) is 1.77. The topological polar surface area (TPSA) is 24.5 Å². The van der Waals surface area contributed by atoms with Crippen molar-refractivity contribution in [1.29, 1.82) is 0 Å². The van der Waals surface area contributed by atoms with Gasteiger partial charge in [0.2, 0.25) is 0 Å². The predicted molar refractivity (Wildman–Crippen MR) is 59.6 cm³/mol. The molecule has 0 spiro atoms. The summed E-state index contributed by atoms with van der Waals surface area (Å²) in [6.45, 7) is 8.58. The lowest BCUT2D eigenvalue weighted by atomic mass is 10.2. The molecule has 84 valence electrons. The summed E-state index contributed by atoms with van der Waals surface area (Å²) in [6.07, 6.45) is 2.96. The highest BCUT2D eigenvalue weighted by Crippen LogP contribution is 2.12. The first kappa shape index (κ1) is 12.0. The van der Waals surface area contributed by atoms with Crippen LogP contribution in [-0.2, 0) is 4.74 Å². The monoisotopic (exact) mass is 200 g/mol. The molecule has 0 aliphatic carbocycles. The van der Waals surface area contributed by atoms with E-state index in [1.54, 1.807) is 0 Å². The molecule has 1 rings (SSSR count). The van der Waals surface area contributed by atoms with Crippen LogP contribution < -0.4 is 5.32 Å². The van der Waals surface area contributed by atoms with Crippen LogP contribution in [0, 0.1) is 0 Å². The Hall–Kier alpha value is -0.120. The minimum Gasteiger partial charge on any atom is -0.377 e. The maximum absolute atomic E-state index is 5.59. The molecule has 1 aliphatic rings. The van der Waals surface area contributed by atoms with E-state index in [0.717, 1.165) is 26.2 Å². The number of nitrogens with one attached hydrogen (secondary N) is 1. The first-order valence-electron chi connectivity index (χ1n) is 5.72. The van der Waals surface area contributed by atoms with Crippen LogP contribution in [0.2, 0.25) is 0 Å². The van der Waals surface area contributed by atoms with Crippen LogP contribution in [0.15, 0.2) is 0 Å². The van der Waals surface area contributed by atoms with E-state index in [-0.39, 0.29) is 0 Å². The Morgan fingerprint density at radius 2 is 2.29 bits per heavy atom. The lowest BCUT2D eigenvalue weighted by Gasteiger charge is -2.21. The van der Waals surface area contributed by atoms with Crippen molar-refractivity contribution in [3.63, 3.8) is 0 Å². The first-order valence-corrected chi connectivity index (χ1v) is 5.72. The largest absolute Gasteiger partial charge is 0.377 e. The molecule has 0 aromatic carbocycles. The van der Waals surface area contributed by atoms with Gasteiger partial charge in [-0.1, -0.05) is 13.8 Å². The summed E-state index contributed by atoms with van der Waals surface area (Å²) < 4.78 is 5.59. The summed E-state index contributed by atoms with van der Waals surface area (Å²) >= 11 is 0. The molecule has 0 amide bonds. The molecular weight excluding hydrogens is 176 g/mol. The van der Waals surface area contributed by atoms with Crippen molar-refractivity contribution >= 4 is 0 Å². The molecule has 1 aliphatic heterocycles. The lowest BCUT2D eigenvalue weighted by molar-refractivity contribution is 0.0814. The van der Waals surface area contributed by atoms with Gasteiger partial charge in [0, 0.05) is 32.3 Å². The minimum absolute atomic E-state index is 0.485. The van der Waals surface area contributed by atoms with Gasteiger partial charge in [0.25, 0.3) is 0 Å². The number of rotatable bonds is 6. The van der Waals surface area contributed by atoms with Crippen LogP contribution >= 0.6 is 0 Å². The van der Waals surface area contributed by atoms with Gasteiger partial charge < -0.3 is 15.0 Å². The Morgan fingerprint density at radius 3 is 2.86 bits per heavy atom. The summed E-state index contributed by atoms with van der Waals surface area (Å²) in [7, 11) is 2.17. The molecule has 1 atom stereocenters. The van der Waals surface area contributed by atoms with Crippen LogP contribution in [0.25, 0.3) is 0 Å². The van der Waals surface area contributed by atoms with Gasteiger partial charge in [-0.2, -0.15) is 0 Å². The molecule has 0 aromatic heterocycles. The Bertz CT molecular complexity index is 144. The van der Waals surface area contributed by atoms with E-state index in [1.807, 2.05) is 0 Å². The van der Waals surface area contributed by atoms with Crippen molar-refractivity contribution in [2.24, 2.45) is 0 Å². The molecule has 1 unspecified atom stereocenters. The van der Waals surface area contributed by atoms with E-state index in [1.165, 1.54) is 12.8 Å². The normalized spacial score (nSPS) is 22.5. The number of hydrogen-bond acceptors (Lipinski definition) is 3. The molecule has 3 heteroatoms. The van der Waals surface area contributed by atoms with E-state index in [9.17, 15) is 0 Å². The van der Waals surface area contributed by atoms with Crippen molar-refractivity contribution in [3.8, 4) is 0 Å². The average Bonchev–Trinajstić information content (AvgIpc) is 2.56. The Kier molecular flexibility index (Phi) is 5.45. The average molecular weight is 200 g/mol. The highest BCUT2D eigenvalue weighted by Gasteiger charge is 2.16. The van der Waals surface area contributed by atoms with Crippen LogP contribution in [0.3, 0.4) is 0 Å². The van der Waals surface area contributed by atoms with Gasteiger partial charge >= 0.3 is 0 Å². The highest BCUT2D eigenvalue weighted by atomic mass is 16.5. The van der Waals surface area contributed by atoms with Crippen LogP contribution in [0.1, 0.15) is 26.7 Å². The van der Waals surface area contributed by atoms with E-state index in [4.69, 9.17) is 4.74 Å². The van der Waals surface area contributed by atoms with Crippen LogP contribution in [0.5, 0.6) is 0 Å². The van der Waals surface area contributed by atoms with Crippen molar-refractivity contribution in [2.45, 2.75) is 38.8 Å². The molecule has 1 fully saturated rings. The van der Waals surface area contributed by atoms with Gasteiger partial charge in [-0.05, 0) is 19.9 Å². The van der Waals surface area contributed by atoms with Gasteiger partial charge in [-0.15, -0.1) is 0 Å². The number of ether oxygens (including phenoxy) is 1. The molecule has 0 saturated carbocycles. The fraction of sp³-hybridized carbons (Fsp3) is 1.00. The Morgan fingerprint density at radius 1 is 1.50 bits per heavy atom. The third-order valence-corrected chi connectivity index (χ3v) is 2.59. The number of nitrogens with zero attached hydrogens (tertiary/aromatic N) is 1. The van der Waals surface area contributed by atoms with Gasteiger partial charge in [-0.3, -0.25) is 0 Å². The second kappa shape index (κ2) is 6.38. The van der Waals surface area contributed by atoms with E-state index in [0.29, 0.717) is 12.1 Å². The standard InChI is InChI=1S/C11H24N2O/c1-10(2)12-6-7-13(3)9-11-5-4-8-14-11/h10-12H,4-9H2,1-3H3. The number of hydrogen-bond donors (Lipinski definition) is 1. The second-order valence-corrected chi connectivity index (χ2v) is 4.51. The third-order valence-electron chi connectivity index (χ3n) is 2.59. The maximum atomic E-state index is 5.59. The lowest BCUT2D eigenvalue weighted by Crippen LogP contribution is -2.36. The first-order chi connectivity index (χ1) is 6.68. The molecule has 1 saturated heterocycles. The Labute approximate surface area is 87.8 Å². The maximum Gasteiger partial charge on any atom is 0.0702 e. The smallest absolute Gasteiger partial charge is 0.0702 e. The molecule has 1 N–H and O–H groups in total. The quantitative estimate of drug-likeness (QED) is 0.695. The summed E-state index contributed by atoms with van der Waals surface area (Å²) in [5, 5.41) is 3.42. The Balaban J connectivity index is 2.00. The van der Waals surface area contributed by atoms with Gasteiger partial charge in [0.15, 0.2) is 0 Å². The van der Waals surface area contributed by atoms with Crippen molar-refractivity contribution in [1.82, 2.24) is 10.2 Å². The molecule has 0 radical (unpaired) electrons. The summed E-state index contributed by atoms with van der Waals surface area (Å²) in [5.74, 6) is 0. The number of likely N-dealkylation sites (N-methyl/N-ethyl adjacent to an activating group) is 1. The van der Waals surface area contributed by atoms with Crippen molar-refractivity contribution in [3.05, 3.63) is 0 Å². The van der Waals surface area contributed by atoms with Gasteiger partial charge in [0.05, 0.1) is 6.10 Å². The molecule has 14 heavy (non-hydrogen) atoms. The molecule has 3 nitrogen and oxygen atoms in total. The third kappa shape index (κ3) is 4.94. The van der Waals surface area contributed by atoms with Crippen LogP contribution in [0.4, 0.5) is 0 Å². The molecule has 0 aromatic rings. The zero-order chi connectivity index (χ0) is 10.4. The fourth-order valence-corrected chi connectivity index (χ4v) is 1.77. The van der Waals surface area contributed by atoms with Crippen molar-refractivity contribution in [2.75, 3.05) is 33.3 Å². The minimum atomic E-state index is 0.485. The summed E-state index contributed by atoms with van der Waals surface area (Å²) in [5.41, 5.74) is 0. The van der Waals surface area contributed by atoms with Gasteiger partial charge in [-0.25, -0.2) is 0 Å². The molecule has 0 bridgehead atoms. The van der Waals surface area contributed by atoms with Crippen molar-refractivity contribution < 1.29 is 4.74 Å². The van der Waals surface area contributed by atoms with E-state index in [2.05, 4.69) is 31.1 Å². The zero-order valence-corrected chi connectivity index (χ0v) is 9.75. The molecule has 1 heterocycles.